The standard InChI is InChI=1S/C21H23N3O2/c1-16-12-18(24-11-5-10-22-24)9-8-17(16)13-23-14-19(15-23)26-21-7-4-3-6-20(21)25-2/h3-12,19H,13-15H2,1-2H3. The number of hydrogen-bond acceptors (Lipinski definition) is 4. The Kier molecular flexibility index (Phi) is 4.63. The van der Waals surface area contributed by atoms with Crippen molar-refractivity contribution in [3.8, 4) is 17.2 Å². The second-order valence-corrected chi connectivity index (χ2v) is 6.65. The number of aromatic nitrogens is 2. The van der Waals surface area contributed by atoms with Gasteiger partial charge in [-0.2, -0.15) is 5.10 Å². The van der Waals surface area contributed by atoms with E-state index in [0.717, 1.165) is 36.8 Å². The fourth-order valence-corrected chi connectivity index (χ4v) is 3.28. The lowest BCUT2D eigenvalue weighted by atomic mass is 10.0. The molecule has 1 fully saturated rings. The summed E-state index contributed by atoms with van der Waals surface area (Å²) in [5.74, 6) is 1.61. The van der Waals surface area contributed by atoms with Crippen molar-refractivity contribution in [3.63, 3.8) is 0 Å². The molecular formula is C21H23N3O2. The van der Waals surface area contributed by atoms with Crippen LogP contribution in [0, 0.1) is 6.92 Å². The average Bonchev–Trinajstić information content (AvgIpc) is 3.16. The van der Waals surface area contributed by atoms with Gasteiger partial charge in [-0.25, -0.2) is 4.68 Å². The van der Waals surface area contributed by atoms with Gasteiger partial charge < -0.3 is 9.47 Å². The van der Waals surface area contributed by atoms with Crippen LogP contribution >= 0.6 is 0 Å². The van der Waals surface area contributed by atoms with E-state index in [9.17, 15) is 0 Å². The van der Waals surface area contributed by atoms with Gasteiger partial charge in [0.25, 0.3) is 0 Å². The Morgan fingerprint density at radius 1 is 1.08 bits per heavy atom. The average molecular weight is 349 g/mol. The summed E-state index contributed by atoms with van der Waals surface area (Å²) in [6.45, 7) is 4.96. The third-order valence-corrected chi connectivity index (χ3v) is 4.78. The highest BCUT2D eigenvalue weighted by molar-refractivity contribution is 5.40. The molecule has 0 unspecified atom stereocenters. The summed E-state index contributed by atoms with van der Waals surface area (Å²) in [5, 5.41) is 4.29. The molecule has 1 aromatic heterocycles. The predicted molar refractivity (Wildman–Crippen MR) is 101 cm³/mol. The lowest BCUT2D eigenvalue weighted by Gasteiger charge is -2.39. The number of hydrogen-bond donors (Lipinski definition) is 0. The van der Waals surface area contributed by atoms with Gasteiger partial charge in [0, 0.05) is 32.0 Å². The van der Waals surface area contributed by atoms with Crippen LogP contribution in [0.1, 0.15) is 11.1 Å². The smallest absolute Gasteiger partial charge is 0.161 e. The topological polar surface area (TPSA) is 39.5 Å². The van der Waals surface area contributed by atoms with Crippen LogP contribution in [0.15, 0.2) is 60.9 Å². The minimum Gasteiger partial charge on any atom is -0.493 e. The molecule has 0 saturated carbocycles. The quantitative estimate of drug-likeness (QED) is 0.683. The van der Waals surface area contributed by atoms with Crippen LogP contribution < -0.4 is 9.47 Å². The summed E-state index contributed by atoms with van der Waals surface area (Å²) in [6.07, 6.45) is 3.98. The van der Waals surface area contributed by atoms with E-state index in [0.29, 0.717) is 0 Å². The van der Waals surface area contributed by atoms with E-state index in [1.54, 1.807) is 13.3 Å². The van der Waals surface area contributed by atoms with Crippen molar-refractivity contribution in [2.45, 2.75) is 19.6 Å². The number of methoxy groups -OCH3 is 1. The molecule has 3 aromatic rings. The highest BCUT2D eigenvalue weighted by Crippen LogP contribution is 2.29. The third kappa shape index (κ3) is 3.44. The summed E-state index contributed by atoms with van der Waals surface area (Å²) in [5.41, 5.74) is 3.72. The molecule has 1 aliphatic heterocycles. The van der Waals surface area contributed by atoms with E-state index in [-0.39, 0.29) is 6.10 Å². The van der Waals surface area contributed by atoms with E-state index < -0.39 is 0 Å². The first kappa shape index (κ1) is 16.7. The molecule has 0 bridgehead atoms. The Morgan fingerprint density at radius 3 is 2.58 bits per heavy atom. The summed E-state index contributed by atoms with van der Waals surface area (Å²) < 4.78 is 13.3. The van der Waals surface area contributed by atoms with Gasteiger partial charge in [-0.15, -0.1) is 0 Å². The minimum absolute atomic E-state index is 0.218. The molecule has 0 radical (unpaired) electrons. The SMILES string of the molecule is COc1ccccc1OC1CN(Cc2ccc(-n3cccn3)cc2C)C1. The van der Waals surface area contributed by atoms with Gasteiger partial charge in [-0.3, -0.25) is 4.90 Å². The maximum Gasteiger partial charge on any atom is 0.161 e. The van der Waals surface area contributed by atoms with Gasteiger partial charge >= 0.3 is 0 Å². The molecular weight excluding hydrogens is 326 g/mol. The van der Waals surface area contributed by atoms with Crippen LogP contribution in [0.5, 0.6) is 11.5 Å². The minimum atomic E-state index is 0.218. The van der Waals surface area contributed by atoms with Crippen LogP contribution in [-0.2, 0) is 6.54 Å². The van der Waals surface area contributed by atoms with Crippen LogP contribution in [0.25, 0.3) is 5.69 Å². The Balaban J connectivity index is 1.34. The van der Waals surface area contributed by atoms with Gasteiger partial charge in [0.15, 0.2) is 11.5 Å². The van der Waals surface area contributed by atoms with Crippen molar-refractivity contribution >= 4 is 0 Å². The van der Waals surface area contributed by atoms with Crippen molar-refractivity contribution in [1.29, 1.82) is 0 Å². The molecule has 2 aromatic carbocycles. The number of nitrogens with zero attached hydrogens (tertiary/aromatic N) is 3. The largest absolute Gasteiger partial charge is 0.493 e. The molecule has 4 rings (SSSR count). The zero-order valence-electron chi connectivity index (χ0n) is 15.1. The normalized spacial score (nSPS) is 14.8. The fourth-order valence-electron chi connectivity index (χ4n) is 3.28. The monoisotopic (exact) mass is 349 g/mol. The Bertz CT molecular complexity index is 871. The predicted octanol–water partition coefficient (Wildman–Crippen LogP) is 3.45. The molecule has 0 amide bonds. The zero-order chi connectivity index (χ0) is 17.9. The highest BCUT2D eigenvalue weighted by atomic mass is 16.5. The first-order valence-electron chi connectivity index (χ1n) is 8.84. The second-order valence-electron chi connectivity index (χ2n) is 6.65. The van der Waals surface area contributed by atoms with Gasteiger partial charge in [-0.1, -0.05) is 18.2 Å². The maximum absolute atomic E-state index is 6.06. The number of aryl methyl sites for hydroxylation is 1. The molecule has 26 heavy (non-hydrogen) atoms. The molecule has 0 atom stereocenters. The summed E-state index contributed by atoms with van der Waals surface area (Å²) >= 11 is 0. The number of benzene rings is 2. The van der Waals surface area contributed by atoms with Crippen molar-refractivity contribution in [1.82, 2.24) is 14.7 Å². The van der Waals surface area contributed by atoms with Crippen molar-refractivity contribution < 1.29 is 9.47 Å². The molecule has 1 aliphatic rings. The maximum atomic E-state index is 6.06. The lowest BCUT2D eigenvalue weighted by molar-refractivity contribution is 0.0130. The number of rotatable bonds is 6. The van der Waals surface area contributed by atoms with Crippen molar-refractivity contribution in [3.05, 3.63) is 72.1 Å². The summed E-state index contributed by atoms with van der Waals surface area (Å²) in [6, 6.07) is 16.2. The molecule has 2 heterocycles. The first-order valence-corrected chi connectivity index (χ1v) is 8.84. The number of para-hydroxylation sites is 2. The highest BCUT2D eigenvalue weighted by Gasteiger charge is 2.29. The Morgan fingerprint density at radius 2 is 1.88 bits per heavy atom. The zero-order valence-corrected chi connectivity index (χ0v) is 15.1. The molecule has 0 spiro atoms. The molecule has 0 N–H and O–H groups in total. The Labute approximate surface area is 153 Å². The van der Waals surface area contributed by atoms with E-state index in [1.165, 1.54) is 11.1 Å². The van der Waals surface area contributed by atoms with Crippen molar-refractivity contribution in [2.75, 3.05) is 20.2 Å². The number of ether oxygens (including phenoxy) is 2. The van der Waals surface area contributed by atoms with Crippen LogP contribution in [0.3, 0.4) is 0 Å². The molecule has 5 nitrogen and oxygen atoms in total. The van der Waals surface area contributed by atoms with Crippen LogP contribution in [0.2, 0.25) is 0 Å². The van der Waals surface area contributed by atoms with Gasteiger partial charge in [0.2, 0.25) is 0 Å². The van der Waals surface area contributed by atoms with Gasteiger partial charge in [0.05, 0.1) is 12.8 Å². The van der Waals surface area contributed by atoms with E-state index >= 15 is 0 Å². The second kappa shape index (κ2) is 7.22. The molecule has 5 heteroatoms. The van der Waals surface area contributed by atoms with Crippen LogP contribution in [-0.4, -0.2) is 41.0 Å². The molecule has 0 aliphatic carbocycles. The molecule has 1 saturated heterocycles. The first-order chi connectivity index (χ1) is 12.7. The molecule has 134 valence electrons. The third-order valence-electron chi connectivity index (χ3n) is 4.78. The van der Waals surface area contributed by atoms with Gasteiger partial charge in [0.1, 0.15) is 6.10 Å². The van der Waals surface area contributed by atoms with E-state index in [1.807, 2.05) is 41.2 Å². The fraction of sp³-hybridized carbons (Fsp3) is 0.286. The summed E-state index contributed by atoms with van der Waals surface area (Å²) in [7, 11) is 1.67. The summed E-state index contributed by atoms with van der Waals surface area (Å²) in [4.78, 5) is 2.40. The van der Waals surface area contributed by atoms with Crippen molar-refractivity contribution in [2.24, 2.45) is 0 Å². The van der Waals surface area contributed by atoms with E-state index in [2.05, 4.69) is 35.1 Å². The lowest BCUT2D eigenvalue weighted by Crippen LogP contribution is -2.53. The van der Waals surface area contributed by atoms with Crippen LogP contribution in [0.4, 0.5) is 0 Å². The van der Waals surface area contributed by atoms with E-state index in [4.69, 9.17) is 9.47 Å². The number of likely N-dealkylation sites (tertiary alicyclic amines) is 1. The Hall–Kier alpha value is -2.79. The van der Waals surface area contributed by atoms with Gasteiger partial charge in [-0.05, 0) is 48.4 Å².